The average Bonchev–Trinajstić information content (AvgIpc) is 3.06. The number of hydrogen-bond acceptors (Lipinski definition) is 4. The molecule has 2 heterocycles. The van der Waals surface area contributed by atoms with Crippen molar-refractivity contribution in [2.45, 2.75) is 64.2 Å². The van der Waals surface area contributed by atoms with Crippen LogP contribution >= 0.6 is 24.0 Å². The predicted molar refractivity (Wildman–Crippen MR) is 98.9 cm³/mol. The number of thiophene rings is 1. The van der Waals surface area contributed by atoms with Gasteiger partial charge in [0.2, 0.25) is 0 Å². The number of nitrogens with zero attached hydrogens (tertiary/aromatic N) is 1. The molecule has 0 radical (unpaired) electrons. The maximum atomic E-state index is 9.94. The monoisotopic (exact) mass is 340 g/mol. The Balaban J connectivity index is 0.000000541. The fraction of sp³-hybridized carbons (Fsp3) is 0.588. The van der Waals surface area contributed by atoms with Crippen molar-refractivity contribution in [1.29, 1.82) is 0 Å². The SMILES string of the molecule is CC(C)Cc1c(-c2ccn[nH]2)sc(S)c1C(C)O.CCCC. The molecule has 0 amide bonds. The molecule has 124 valence electrons. The number of rotatable bonds is 5. The summed E-state index contributed by atoms with van der Waals surface area (Å²) in [6.07, 6.45) is 4.83. The first kappa shape index (κ1) is 19.3. The number of aromatic amines is 1. The van der Waals surface area contributed by atoms with Gasteiger partial charge in [0.15, 0.2) is 0 Å². The average molecular weight is 341 g/mol. The highest BCUT2D eigenvalue weighted by atomic mass is 32.2. The fourth-order valence-electron chi connectivity index (χ4n) is 2.11. The topological polar surface area (TPSA) is 48.9 Å². The van der Waals surface area contributed by atoms with E-state index in [0.717, 1.165) is 26.8 Å². The van der Waals surface area contributed by atoms with E-state index in [4.69, 9.17) is 0 Å². The summed E-state index contributed by atoms with van der Waals surface area (Å²) in [5.41, 5.74) is 3.15. The Morgan fingerprint density at radius 3 is 2.32 bits per heavy atom. The van der Waals surface area contributed by atoms with Crippen LogP contribution in [-0.2, 0) is 6.42 Å². The van der Waals surface area contributed by atoms with E-state index in [-0.39, 0.29) is 0 Å². The Labute approximate surface area is 143 Å². The number of unbranched alkanes of at least 4 members (excludes halogenated alkanes) is 1. The summed E-state index contributed by atoms with van der Waals surface area (Å²) in [5, 5.41) is 16.9. The Morgan fingerprint density at radius 2 is 1.91 bits per heavy atom. The van der Waals surface area contributed by atoms with E-state index in [1.807, 2.05) is 6.07 Å². The summed E-state index contributed by atoms with van der Waals surface area (Å²) in [6.45, 7) is 10.5. The molecule has 3 nitrogen and oxygen atoms in total. The molecule has 0 fully saturated rings. The summed E-state index contributed by atoms with van der Waals surface area (Å²) in [6, 6.07) is 1.95. The third kappa shape index (κ3) is 5.14. The van der Waals surface area contributed by atoms with Gasteiger partial charge >= 0.3 is 0 Å². The van der Waals surface area contributed by atoms with E-state index in [1.165, 1.54) is 18.4 Å². The van der Waals surface area contributed by atoms with Gasteiger partial charge in [0.05, 0.1) is 20.9 Å². The normalized spacial score (nSPS) is 12.2. The minimum Gasteiger partial charge on any atom is -0.389 e. The number of aliphatic hydroxyl groups is 1. The van der Waals surface area contributed by atoms with E-state index in [2.05, 4.69) is 50.5 Å². The van der Waals surface area contributed by atoms with E-state index in [0.29, 0.717) is 5.92 Å². The molecule has 0 bridgehead atoms. The first-order chi connectivity index (χ1) is 10.4. The summed E-state index contributed by atoms with van der Waals surface area (Å²) < 4.78 is 0.894. The van der Waals surface area contributed by atoms with Crippen LogP contribution in [0.15, 0.2) is 16.5 Å². The van der Waals surface area contributed by atoms with Crippen molar-refractivity contribution in [1.82, 2.24) is 10.2 Å². The first-order valence-electron chi connectivity index (χ1n) is 7.94. The standard InChI is InChI=1S/C13H18N2OS2.C4H10/c1-7(2)6-9-11(8(3)16)13(17)18-12(9)10-4-5-14-15-10;1-3-4-2/h4-5,7-8,16-17H,6H2,1-3H3,(H,14,15);3-4H2,1-2H3. The molecule has 1 unspecified atom stereocenters. The minimum atomic E-state index is -0.487. The molecule has 0 aliphatic heterocycles. The lowest BCUT2D eigenvalue weighted by Gasteiger charge is -2.11. The first-order valence-corrected chi connectivity index (χ1v) is 9.20. The van der Waals surface area contributed by atoms with E-state index < -0.39 is 6.10 Å². The van der Waals surface area contributed by atoms with Gasteiger partial charge in [0, 0.05) is 11.8 Å². The zero-order valence-corrected chi connectivity index (χ0v) is 15.9. The molecule has 2 aromatic heterocycles. The van der Waals surface area contributed by atoms with Crippen LogP contribution in [0, 0.1) is 5.92 Å². The molecule has 2 N–H and O–H groups in total. The summed E-state index contributed by atoms with van der Waals surface area (Å²) in [7, 11) is 0. The van der Waals surface area contributed by atoms with Crippen LogP contribution in [0.2, 0.25) is 0 Å². The van der Waals surface area contributed by atoms with Gasteiger partial charge in [-0.2, -0.15) is 5.10 Å². The molecule has 2 aromatic rings. The zero-order chi connectivity index (χ0) is 16.7. The van der Waals surface area contributed by atoms with E-state index in [9.17, 15) is 5.11 Å². The molecule has 0 spiro atoms. The summed E-state index contributed by atoms with van der Waals surface area (Å²) >= 11 is 6.11. The molecule has 0 aliphatic carbocycles. The van der Waals surface area contributed by atoms with Crippen molar-refractivity contribution in [3.05, 3.63) is 23.4 Å². The van der Waals surface area contributed by atoms with Gasteiger partial charge in [0.25, 0.3) is 0 Å². The largest absolute Gasteiger partial charge is 0.389 e. The van der Waals surface area contributed by atoms with Gasteiger partial charge in [-0.3, -0.25) is 5.10 Å². The van der Waals surface area contributed by atoms with Crippen molar-refractivity contribution in [2.75, 3.05) is 0 Å². The molecule has 2 rings (SSSR count). The maximum Gasteiger partial charge on any atom is 0.0783 e. The zero-order valence-electron chi connectivity index (χ0n) is 14.2. The molecule has 5 heteroatoms. The van der Waals surface area contributed by atoms with Crippen molar-refractivity contribution in [3.8, 4) is 10.6 Å². The van der Waals surface area contributed by atoms with Gasteiger partial charge in [-0.25, -0.2) is 0 Å². The van der Waals surface area contributed by atoms with Crippen LogP contribution in [0.3, 0.4) is 0 Å². The Hall–Kier alpha value is -0.780. The van der Waals surface area contributed by atoms with Crippen LogP contribution in [-0.4, -0.2) is 15.3 Å². The number of H-pyrrole nitrogens is 1. The molecule has 1 atom stereocenters. The lowest BCUT2D eigenvalue weighted by atomic mass is 9.96. The van der Waals surface area contributed by atoms with Gasteiger partial charge in [-0.15, -0.1) is 24.0 Å². The number of hydrogen-bond donors (Lipinski definition) is 3. The Kier molecular flexibility index (Phi) is 8.21. The molecule has 0 saturated carbocycles. The van der Waals surface area contributed by atoms with Gasteiger partial charge in [0.1, 0.15) is 0 Å². The van der Waals surface area contributed by atoms with E-state index in [1.54, 1.807) is 24.5 Å². The summed E-state index contributed by atoms with van der Waals surface area (Å²) in [4.78, 5) is 1.14. The number of thiol groups is 1. The lowest BCUT2D eigenvalue weighted by molar-refractivity contribution is 0.196. The van der Waals surface area contributed by atoms with Crippen LogP contribution in [0.5, 0.6) is 0 Å². The van der Waals surface area contributed by atoms with Crippen LogP contribution < -0.4 is 0 Å². The molecule has 22 heavy (non-hydrogen) atoms. The van der Waals surface area contributed by atoms with Crippen molar-refractivity contribution in [3.63, 3.8) is 0 Å². The number of aromatic nitrogens is 2. The van der Waals surface area contributed by atoms with Crippen LogP contribution in [0.25, 0.3) is 10.6 Å². The third-order valence-electron chi connectivity index (χ3n) is 3.30. The molecule has 0 aliphatic rings. The van der Waals surface area contributed by atoms with Gasteiger partial charge in [-0.1, -0.05) is 40.5 Å². The highest BCUT2D eigenvalue weighted by Gasteiger charge is 2.21. The van der Waals surface area contributed by atoms with E-state index >= 15 is 0 Å². The fourth-order valence-corrected chi connectivity index (χ4v) is 3.84. The summed E-state index contributed by atoms with van der Waals surface area (Å²) in [5.74, 6) is 0.534. The van der Waals surface area contributed by atoms with Crippen LogP contribution in [0.4, 0.5) is 0 Å². The second kappa shape index (κ2) is 9.38. The molecule has 0 aromatic carbocycles. The van der Waals surface area contributed by atoms with Gasteiger partial charge < -0.3 is 5.11 Å². The quantitative estimate of drug-likeness (QED) is 0.631. The smallest absolute Gasteiger partial charge is 0.0783 e. The van der Waals surface area contributed by atoms with Crippen molar-refractivity contribution in [2.24, 2.45) is 5.92 Å². The third-order valence-corrected chi connectivity index (χ3v) is 4.90. The number of nitrogens with one attached hydrogen (secondary N) is 1. The number of aliphatic hydroxyl groups excluding tert-OH is 1. The van der Waals surface area contributed by atoms with Crippen molar-refractivity contribution >= 4 is 24.0 Å². The van der Waals surface area contributed by atoms with Crippen molar-refractivity contribution < 1.29 is 5.11 Å². The predicted octanol–water partition coefficient (Wildman–Crippen LogP) is 5.49. The second-order valence-electron chi connectivity index (χ2n) is 5.87. The van der Waals surface area contributed by atoms with Crippen LogP contribution in [0.1, 0.15) is 64.7 Å². The second-order valence-corrected chi connectivity index (χ2v) is 7.64. The molecule has 0 saturated heterocycles. The minimum absolute atomic E-state index is 0.487. The van der Waals surface area contributed by atoms with Gasteiger partial charge in [-0.05, 0) is 30.9 Å². The molecular weight excluding hydrogens is 312 g/mol. The highest BCUT2D eigenvalue weighted by Crippen LogP contribution is 2.41. The highest BCUT2D eigenvalue weighted by molar-refractivity contribution is 7.83. The molecular formula is C17H28N2OS2. The Bertz CT molecular complexity index is 543. The maximum absolute atomic E-state index is 9.94. The Morgan fingerprint density at radius 1 is 1.27 bits per heavy atom. The lowest BCUT2D eigenvalue weighted by Crippen LogP contribution is -2.01.